The van der Waals surface area contributed by atoms with Crippen molar-refractivity contribution in [1.82, 2.24) is 9.88 Å². The summed E-state index contributed by atoms with van der Waals surface area (Å²) >= 11 is 0. The molecule has 3 aromatic rings. The second-order valence-electron chi connectivity index (χ2n) is 8.47. The van der Waals surface area contributed by atoms with E-state index in [2.05, 4.69) is 15.2 Å². The molecule has 1 unspecified atom stereocenters. The highest BCUT2D eigenvalue weighted by molar-refractivity contribution is 6.01. The third-order valence-corrected chi connectivity index (χ3v) is 6.22. The van der Waals surface area contributed by atoms with Crippen molar-refractivity contribution in [2.24, 2.45) is 0 Å². The average molecular weight is 449 g/mol. The minimum atomic E-state index is -0.537. The van der Waals surface area contributed by atoms with E-state index in [4.69, 9.17) is 9.47 Å². The van der Waals surface area contributed by atoms with Crippen molar-refractivity contribution in [1.29, 1.82) is 0 Å². The van der Waals surface area contributed by atoms with E-state index in [9.17, 15) is 9.59 Å². The molecule has 2 N–H and O–H groups in total. The first-order valence-corrected chi connectivity index (χ1v) is 11.4. The van der Waals surface area contributed by atoms with Gasteiger partial charge in [-0.2, -0.15) is 0 Å². The normalized spacial score (nSPS) is 18.8. The van der Waals surface area contributed by atoms with Gasteiger partial charge < -0.3 is 24.7 Å². The van der Waals surface area contributed by atoms with Crippen molar-refractivity contribution in [3.05, 3.63) is 54.2 Å². The van der Waals surface area contributed by atoms with Crippen LogP contribution in [0.5, 0.6) is 5.75 Å². The molecule has 1 atom stereocenters. The third-order valence-electron chi connectivity index (χ3n) is 6.22. The van der Waals surface area contributed by atoms with Gasteiger partial charge >= 0.3 is 0 Å². The highest BCUT2D eigenvalue weighted by Gasteiger charge is 2.32. The van der Waals surface area contributed by atoms with Crippen molar-refractivity contribution in [2.45, 2.75) is 19.4 Å². The van der Waals surface area contributed by atoms with Gasteiger partial charge in [0, 0.05) is 49.0 Å². The molecular formula is C25H28N4O4. The molecule has 5 rings (SSSR count). The first-order valence-electron chi connectivity index (χ1n) is 11.4. The molecule has 33 heavy (non-hydrogen) atoms. The van der Waals surface area contributed by atoms with Crippen LogP contribution < -0.4 is 15.0 Å². The number of hydrogen-bond donors (Lipinski definition) is 2. The smallest absolute Gasteiger partial charge is 0.267 e. The molecule has 1 fully saturated rings. The molecule has 0 spiro atoms. The summed E-state index contributed by atoms with van der Waals surface area (Å²) in [6.45, 7) is 6.26. The number of morpholine rings is 1. The van der Waals surface area contributed by atoms with Crippen LogP contribution in [-0.2, 0) is 20.7 Å². The van der Waals surface area contributed by atoms with Gasteiger partial charge in [0.15, 0.2) is 6.10 Å². The Bertz CT molecular complexity index is 1170. The molecule has 0 radical (unpaired) electrons. The summed E-state index contributed by atoms with van der Waals surface area (Å²) in [5.74, 6) is 0.465. The zero-order valence-electron chi connectivity index (χ0n) is 18.7. The third kappa shape index (κ3) is 4.58. The first kappa shape index (κ1) is 21.5. The van der Waals surface area contributed by atoms with Gasteiger partial charge in [-0.1, -0.05) is 18.2 Å². The van der Waals surface area contributed by atoms with E-state index in [1.54, 1.807) is 11.8 Å². The number of amides is 2. The number of carbonyl (C=O) groups is 2. The maximum Gasteiger partial charge on any atom is 0.267 e. The Hall–Kier alpha value is -3.36. The number of carbonyl (C=O) groups excluding carboxylic acids is 2. The van der Waals surface area contributed by atoms with Crippen LogP contribution >= 0.6 is 0 Å². The van der Waals surface area contributed by atoms with Gasteiger partial charge in [-0.25, -0.2) is 0 Å². The van der Waals surface area contributed by atoms with Gasteiger partial charge in [0.25, 0.3) is 5.91 Å². The molecule has 2 aromatic carbocycles. The summed E-state index contributed by atoms with van der Waals surface area (Å²) in [4.78, 5) is 32.9. The lowest BCUT2D eigenvalue weighted by Crippen LogP contribution is -2.48. The van der Waals surface area contributed by atoms with Crippen LogP contribution in [0, 0.1) is 0 Å². The van der Waals surface area contributed by atoms with Crippen molar-refractivity contribution < 1.29 is 19.1 Å². The Labute approximate surface area is 192 Å². The van der Waals surface area contributed by atoms with Crippen LogP contribution in [0.25, 0.3) is 10.9 Å². The number of fused-ring (bicyclic) bond motifs is 2. The second-order valence-corrected chi connectivity index (χ2v) is 8.47. The van der Waals surface area contributed by atoms with Crippen LogP contribution in [0.1, 0.15) is 12.5 Å². The van der Waals surface area contributed by atoms with Gasteiger partial charge in [0.05, 0.1) is 25.3 Å². The minimum absolute atomic E-state index is 0.0713. The van der Waals surface area contributed by atoms with Crippen molar-refractivity contribution >= 4 is 34.1 Å². The number of aromatic amines is 1. The number of aromatic nitrogens is 1. The maximum absolute atomic E-state index is 12.9. The molecule has 8 heteroatoms. The lowest BCUT2D eigenvalue weighted by molar-refractivity contribution is -0.125. The van der Waals surface area contributed by atoms with Crippen LogP contribution in [0.4, 0.5) is 11.4 Å². The van der Waals surface area contributed by atoms with Crippen LogP contribution in [-0.4, -0.2) is 67.2 Å². The number of ether oxygens (including phenoxy) is 2. The lowest BCUT2D eigenvalue weighted by Gasteiger charge is -2.35. The van der Waals surface area contributed by atoms with Gasteiger partial charge in [-0.15, -0.1) is 0 Å². The fraction of sp³-hybridized carbons (Fsp3) is 0.360. The van der Waals surface area contributed by atoms with Crippen molar-refractivity contribution in [3.8, 4) is 5.75 Å². The average Bonchev–Trinajstić information content (AvgIpc) is 3.23. The number of benzene rings is 2. The Morgan fingerprint density at radius 3 is 2.82 bits per heavy atom. The van der Waals surface area contributed by atoms with Gasteiger partial charge in [0.1, 0.15) is 5.75 Å². The fourth-order valence-electron chi connectivity index (χ4n) is 4.44. The van der Waals surface area contributed by atoms with E-state index in [1.807, 2.05) is 48.7 Å². The Balaban J connectivity index is 1.31. The largest absolute Gasteiger partial charge is 0.479 e. The maximum atomic E-state index is 12.9. The summed E-state index contributed by atoms with van der Waals surface area (Å²) in [6, 6.07) is 13.4. The molecular weight excluding hydrogens is 420 g/mol. The zero-order valence-corrected chi connectivity index (χ0v) is 18.7. The summed E-state index contributed by atoms with van der Waals surface area (Å²) < 4.78 is 11.2. The lowest BCUT2D eigenvalue weighted by atomic mass is 10.1. The van der Waals surface area contributed by atoms with E-state index >= 15 is 0 Å². The van der Waals surface area contributed by atoms with Gasteiger partial charge in [-0.3, -0.25) is 14.5 Å². The molecule has 1 aromatic heterocycles. The summed E-state index contributed by atoms with van der Waals surface area (Å²) in [5, 5.41) is 4.02. The fourth-order valence-corrected chi connectivity index (χ4v) is 4.44. The molecule has 2 aliphatic heterocycles. The number of hydrogen-bond acceptors (Lipinski definition) is 5. The second kappa shape index (κ2) is 9.25. The van der Waals surface area contributed by atoms with Crippen molar-refractivity contribution in [2.75, 3.05) is 49.6 Å². The number of H-pyrrole nitrogens is 1. The van der Waals surface area contributed by atoms with Crippen LogP contribution in [0.15, 0.2) is 48.7 Å². The molecule has 2 amide bonds. The highest BCUT2D eigenvalue weighted by atomic mass is 16.5. The number of para-hydroxylation sites is 1. The van der Waals surface area contributed by atoms with E-state index < -0.39 is 6.10 Å². The van der Waals surface area contributed by atoms with E-state index in [-0.39, 0.29) is 18.2 Å². The quantitative estimate of drug-likeness (QED) is 0.606. The summed E-state index contributed by atoms with van der Waals surface area (Å²) in [6.07, 6.45) is 1.59. The molecule has 0 saturated carbocycles. The van der Waals surface area contributed by atoms with Gasteiger partial charge in [0.2, 0.25) is 5.91 Å². The van der Waals surface area contributed by atoms with Crippen LogP contribution in [0.2, 0.25) is 0 Å². The van der Waals surface area contributed by atoms with Gasteiger partial charge in [-0.05, 0) is 36.8 Å². The molecule has 0 aliphatic carbocycles. The topological polar surface area (TPSA) is 86.9 Å². The van der Waals surface area contributed by atoms with E-state index in [1.165, 1.54) is 0 Å². The highest BCUT2D eigenvalue weighted by Crippen LogP contribution is 2.36. The standard InChI is InChI=1S/C25H28N4O4/c1-17-25(31)29(9-8-28-10-12-32-13-11-28)22-15-19(6-7-23(22)33-17)27-24(30)14-18-16-26-21-5-3-2-4-20(18)21/h2-7,15-17,26H,8-14H2,1H3,(H,27,30). The SMILES string of the molecule is CC1Oc2ccc(NC(=O)Cc3c[nH]c4ccccc34)cc2N(CCN2CCOCC2)C1=O. The van der Waals surface area contributed by atoms with E-state index in [0.717, 1.165) is 49.3 Å². The minimum Gasteiger partial charge on any atom is -0.479 e. The molecule has 1 saturated heterocycles. The molecule has 8 nitrogen and oxygen atoms in total. The first-order chi connectivity index (χ1) is 16.1. The van der Waals surface area contributed by atoms with Crippen LogP contribution in [0.3, 0.4) is 0 Å². The number of rotatable bonds is 6. The Morgan fingerprint density at radius 1 is 1.15 bits per heavy atom. The molecule has 2 aliphatic rings. The van der Waals surface area contributed by atoms with Crippen molar-refractivity contribution in [3.63, 3.8) is 0 Å². The predicted molar refractivity (Wildman–Crippen MR) is 127 cm³/mol. The molecule has 172 valence electrons. The summed E-state index contributed by atoms with van der Waals surface area (Å²) in [7, 11) is 0. The number of nitrogens with one attached hydrogen (secondary N) is 2. The Morgan fingerprint density at radius 2 is 1.97 bits per heavy atom. The summed E-state index contributed by atoms with van der Waals surface area (Å²) in [5.41, 5.74) is 3.28. The van der Waals surface area contributed by atoms with E-state index in [0.29, 0.717) is 23.7 Å². The molecule has 0 bridgehead atoms. The number of nitrogens with zero attached hydrogens (tertiary/aromatic N) is 2. The predicted octanol–water partition coefficient (Wildman–Crippen LogP) is 2.80. The number of anilines is 2. The zero-order chi connectivity index (χ0) is 22.8. The Kier molecular flexibility index (Phi) is 6.02. The monoisotopic (exact) mass is 448 g/mol. The molecule has 3 heterocycles.